The Morgan fingerprint density at radius 2 is 1.41 bits per heavy atom. The Labute approximate surface area is 214 Å². The summed E-state index contributed by atoms with van der Waals surface area (Å²) in [6, 6.07) is 17.5. The number of ether oxygens (including phenoxy) is 2. The van der Waals surface area contributed by atoms with Crippen molar-refractivity contribution in [2.24, 2.45) is 5.92 Å². The van der Waals surface area contributed by atoms with Gasteiger partial charge in [0.2, 0.25) is 5.91 Å². The fraction of sp³-hybridized carbons (Fsp3) is 0.250. The van der Waals surface area contributed by atoms with E-state index in [2.05, 4.69) is 10.6 Å². The third-order valence-electron chi connectivity index (χ3n) is 6.29. The largest absolute Gasteiger partial charge is 0.494 e. The highest BCUT2D eigenvalue weighted by atomic mass is 19.1. The van der Waals surface area contributed by atoms with Crippen LogP contribution in [0.4, 0.5) is 15.8 Å². The minimum atomic E-state index is -0.463. The Kier molecular flexibility index (Phi) is 8.02. The van der Waals surface area contributed by atoms with E-state index < -0.39 is 5.82 Å². The first kappa shape index (κ1) is 25.7. The molecule has 0 atom stereocenters. The van der Waals surface area contributed by atoms with E-state index in [0.29, 0.717) is 59.9 Å². The molecule has 0 spiro atoms. The number of hydrogen-bond donors (Lipinski definition) is 2. The fourth-order valence-electron chi connectivity index (χ4n) is 4.26. The van der Waals surface area contributed by atoms with E-state index in [1.807, 2.05) is 6.07 Å². The summed E-state index contributed by atoms with van der Waals surface area (Å²) in [5.41, 5.74) is 1.58. The molecule has 0 radical (unpaired) electrons. The zero-order valence-electron chi connectivity index (χ0n) is 20.6. The summed E-state index contributed by atoms with van der Waals surface area (Å²) < 4.78 is 24.4. The number of carbonyl (C=O) groups is 3. The standard InChI is InChI=1S/C28H28FN3O5/c1-36-24-17-23(25(37-2)16-22(24)30-26(33)18-7-4-3-5-8-18)31-27(34)19-11-13-32(14-12-19)28(35)20-9-6-10-21(29)15-20/h3-10,15-17,19H,11-14H2,1-2H3,(H,30,33)(H,31,34). The molecule has 1 fully saturated rings. The van der Waals surface area contributed by atoms with Crippen molar-refractivity contribution in [3.63, 3.8) is 0 Å². The number of anilines is 2. The van der Waals surface area contributed by atoms with Gasteiger partial charge in [-0.25, -0.2) is 4.39 Å². The van der Waals surface area contributed by atoms with Crippen LogP contribution in [0.5, 0.6) is 11.5 Å². The first-order valence-corrected chi connectivity index (χ1v) is 11.9. The van der Waals surface area contributed by atoms with Crippen molar-refractivity contribution in [1.29, 1.82) is 0 Å². The van der Waals surface area contributed by atoms with E-state index in [0.717, 1.165) is 0 Å². The molecule has 9 heteroatoms. The first-order chi connectivity index (χ1) is 17.9. The lowest BCUT2D eigenvalue weighted by Crippen LogP contribution is -2.41. The lowest BCUT2D eigenvalue weighted by Gasteiger charge is -2.31. The summed E-state index contributed by atoms with van der Waals surface area (Å²) in [4.78, 5) is 40.0. The number of hydrogen-bond acceptors (Lipinski definition) is 5. The minimum absolute atomic E-state index is 0.209. The number of piperidine rings is 1. The average Bonchev–Trinajstić information content (AvgIpc) is 2.93. The van der Waals surface area contributed by atoms with Crippen LogP contribution in [0.3, 0.4) is 0 Å². The van der Waals surface area contributed by atoms with Crippen molar-refractivity contribution in [2.75, 3.05) is 37.9 Å². The summed E-state index contributed by atoms with van der Waals surface area (Å²) >= 11 is 0. The smallest absolute Gasteiger partial charge is 0.255 e. The Morgan fingerprint density at radius 1 is 0.811 bits per heavy atom. The van der Waals surface area contributed by atoms with E-state index >= 15 is 0 Å². The maximum Gasteiger partial charge on any atom is 0.255 e. The number of benzene rings is 3. The SMILES string of the molecule is COc1cc(NC(=O)C2CCN(C(=O)c3cccc(F)c3)CC2)c(OC)cc1NC(=O)c1ccccc1. The lowest BCUT2D eigenvalue weighted by atomic mass is 9.95. The van der Waals surface area contributed by atoms with E-state index in [-0.39, 0.29) is 23.6 Å². The predicted octanol–water partition coefficient (Wildman–Crippen LogP) is 4.59. The fourth-order valence-corrected chi connectivity index (χ4v) is 4.26. The van der Waals surface area contributed by atoms with Crippen LogP contribution in [-0.4, -0.2) is 49.9 Å². The molecule has 37 heavy (non-hydrogen) atoms. The van der Waals surface area contributed by atoms with E-state index in [4.69, 9.17) is 9.47 Å². The van der Waals surface area contributed by atoms with Gasteiger partial charge in [-0.1, -0.05) is 24.3 Å². The van der Waals surface area contributed by atoms with Crippen LogP contribution < -0.4 is 20.1 Å². The Balaban J connectivity index is 1.41. The van der Waals surface area contributed by atoms with Crippen molar-refractivity contribution >= 4 is 29.1 Å². The number of amides is 3. The van der Waals surface area contributed by atoms with Gasteiger partial charge in [0.15, 0.2) is 0 Å². The monoisotopic (exact) mass is 505 g/mol. The first-order valence-electron chi connectivity index (χ1n) is 11.9. The number of carbonyl (C=O) groups excluding carboxylic acids is 3. The molecule has 1 heterocycles. The summed E-state index contributed by atoms with van der Waals surface area (Å²) in [6.07, 6.45) is 0.940. The molecule has 1 aliphatic rings. The van der Waals surface area contributed by atoms with Gasteiger partial charge in [-0.15, -0.1) is 0 Å². The third kappa shape index (κ3) is 6.06. The molecule has 8 nitrogen and oxygen atoms in total. The van der Waals surface area contributed by atoms with Gasteiger partial charge >= 0.3 is 0 Å². The van der Waals surface area contributed by atoms with Gasteiger partial charge in [0.25, 0.3) is 11.8 Å². The maximum absolute atomic E-state index is 13.5. The van der Waals surface area contributed by atoms with Crippen LogP contribution in [-0.2, 0) is 4.79 Å². The van der Waals surface area contributed by atoms with Crippen LogP contribution in [0.15, 0.2) is 66.7 Å². The summed E-state index contributed by atoms with van der Waals surface area (Å²) in [6.45, 7) is 0.774. The molecule has 0 aromatic heterocycles. The van der Waals surface area contributed by atoms with Crippen molar-refractivity contribution in [1.82, 2.24) is 4.90 Å². The number of nitrogens with one attached hydrogen (secondary N) is 2. The molecule has 4 rings (SSSR count). The van der Waals surface area contributed by atoms with Crippen LogP contribution >= 0.6 is 0 Å². The van der Waals surface area contributed by atoms with Gasteiger partial charge in [0.1, 0.15) is 17.3 Å². The topological polar surface area (TPSA) is 97.0 Å². The highest BCUT2D eigenvalue weighted by molar-refractivity contribution is 6.05. The Bertz CT molecular complexity index is 1290. The zero-order valence-corrected chi connectivity index (χ0v) is 20.6. The van der Waals surface area contributed by atoms with E-state index in [1.165, 1.54) is 32.4 Å². The molecular weight excluding hydrogens is 477 g/mol. The molecule has 0 aliphatic carbocycles. The van der Waals surface area contributed by atoms with Gasteiger partial charge in [0.05, 0.1) is 25.6 Å². The van der Waals surface area contributed by atoms with Gasteiger partial charge in [-0.3, -0.25) is 14.4 Å². The zero-order chi connectivity index (χ0) is 26.4. The number of rotatable bonds is 7. The molecule has 0 bridgehead atoms. The number of nitrogens with zero attached hydrogens (tertiary/aromatic N) is 1. The van der Waals surface area contributed by atoms with Crippen molar-refractivity contribution in [3.05, 3.63) is 83.7 Å². The van der Waals surface area contributed by atoms with Crippen molar-refractivity contribution in [2.45, 2.75) is 12.8 Å². The van der Waals surface area contributed by atoms with E-state index in [9.17, 15) is 18.8 Å². The third-order valence-corrected chi connectivity index (χ3v) is 6.29. The van der Waals surface area contributed by atoms with Gasteiger partial charge in [0, 0.05) is 42.3 Å². The molecule has 3 amide bonds. The van der Waals surface area contributed by atoms with E-state index in [1.54, 1.807) is 47.4 Å². The number of methoxy groups -OCH3 is 2. The maximum atomic E-state index is 13.5. The summed E-state index contributed by atoms with van der Waals surface area (Å²) in [7, 11) is 2.94. The van der Waals surface area contributed by atoms with Crippen molar-refractivity contribution < 1.29 is 28.2 Å². The van der Waals surface area contributed by atoms with Crippen LogP contribution in [0.25, 0.3) is 0 Å². The Hall–Kier alpha value is -4.40. The molecule has 2 N–H and O–H groups in total. The second-order valence-corrected chi connectivity index (χ2v) is 8.64. The molecule has 0 unspecified atom stereocenters. The molecule has 3 aromatic rings. The second-order valence-electron chi connectivity index (χ2n) is 8.64. The highest BCUT2D eigenvalue weighted by Gasteiger charge is 2.29. The van der Waals surface area contributed by atoms with Gasteiger partial charge in [-0.05, 0) is 43.2 Å². The molecule has 1 aliphatic heterocycles. The van der Waals surface area contributed by atoms with Gasteiger partial charge < -0.3 is 25.0 Å². The number of halogens is 1. The average molecular weight is 506 g/mol. The molecule has 0 saturated carbocycles. The molecule has 3 aromatic carbocycles. The highest BCUT2D eigenvalue weighted by Crippen LogP contribution is 2.37. The van der Waals surface area contributed by atoms with Crippen LogP contribution in [0, 0.1) is 11.7 Å². The normalized spacial score (nSPS) is 13.5. The second kappa shape index (κ2) is 11.6. The lowest BCUT2D eigenvalue weighted by molar-refractivity contribution is -0.121. The van der Waals surface area contributed by atoms with Crippen molar-refractivity contribution in [3.8, 4) is 11.5 Å². The van der Waals surface area contributed by atoms with Gasteiger partial charge in [-0.2, -0.15) is 0 Å². The minimum Gasteiger partial charge on any atom is -0.494 e. The van der Waals surface area contributed by atoms with Crippen LogP contribution in [0.2, 0.25) is 0 Å². The molecule has 1 saturated heterocycles. The van der Waals surface area contributed by atoms with Crippen LogP contribution in [0.1, 0.15) is 33.6 Å². The molecular formula is C28H28FN3O5. The molecule has 192 valence electrons. The predicted molar refractivity (Wildman–Crippen MR) is 138 cm³/mol. The summed E-state index contributed by atoms with van der Waals surface area (Å²) in [5.74, 6) is -0.832. The number of likely N-dealkylation sites (tertiary alicyclic amines) is 1. The summed E-state index contributed by atoms with van der Waals surface area (Å²) in [5, 5.41) is 5.70. The Morgan fingerprint density at radius 3 is 2.00 bits per heavy atom. The quantitative estimate of drug-likeness (QED) is 0.490.